The minimum atomic E-state index is -0.126. The smallest absolute Gasteiger partial charge is 0.227 e. The fourth-order valence-electron chi connectivity index (χ4n) is 2.51. The zero-order chi connectivity index (χ0) is 13.3. The molecule has 18 heavy (non-hydrogen) atoms. The van der Waals surface area contributed by atoms with Gasteiger partial charge in [-0.05, 0) is 44.2 Å². The Kier molecular flexibility index (Phi) is 7.75. The van der Waals surface area contributed by atoms with E-state index in [0.29, 0.717) is 0 Å². The fraction of sp³-hybridized carbons (Fsp3) is 0.929. The number of hydrogen-bond acceptors (Lipinski definition) is 3. The van der Waals surface area contributed by atoms with Crippen LogP contribution in [0.25, 0.3) is 0 Å². The van der Waals surface area contributed by atoms with Crippen molar-refractivity contribution >= 4 is 17.7 Å². The quantitative estimate of drug-likeness (QED) is 0.633. The summed E-state index contributed by atoms with van der Waals surface area (Å²) in [4.78, 5) is 12.2. The van der Waals surface area contributed by atoms with E-state index in [0.717, 1.165) is 38.9 Å². The monoisotopic (exact) mass is 272 g/mol. The first-order valence-corrected chi connectivity index (χ1v) is 8.62. The molecule has 1 aliphatic heterocycles. The summed E-state index contributed by atoms with van der Waals surface area (Å²) in [7, 11) is 0. The third-order valence-electron chi connectivity index (χ3n) is 3.96. The third-order valence-corrected chi connectivity index (χ3v) is 4.66. The molecule has 1 rings (SSSR count). The number of hydrogen-bond donors (Lipinski definition) is 2. The highest BCUT2D eigenvalue weighted by molar-refractivity contribution is 7.98. The van der Waals surface area contributed by atoms with Crippen molar-refractivity contribution in [3.05, 3.63) is 0 Å². The first-order chi connectivity index (χ1) is 8.75. The van der Waals surface area contributed by atoms with Crippen LogP contribution >= 0.6 is 11.8 Å². The van der Waals surface area contributed by atoms with Crippen molar-refractivity contribution in [1.29, 1.82) is 0 Å². The lowest BCUT2D eigenvalue weighted by Gasteiger charge is -2.25. The van der Waals surface area contributed by atoms with Gasteiger partial charge in [-0.15, -0.1) is 0 Å². The van der Waals surface area contributed by atoms with Gasteiger partial charge in [-0.1, -0.05) is 19.8 Å². The SMILES string of the molecule is CCC1(C(=O)NCCCCCCSC)CCNC1. The molecule has 0 spiro atoms. The van der Waals surface area contributed by atoms with Crippen LogP contribution in [0.4, 0.5) is 0 Å². The van der Waals surface area contributed by atoms with Crippen LogP contribution in [0.2, 0.25) is 0 Å². The maximum Gasteiger partial charge on any atom is 0.227 e. The molecule has 1 unspecified atom stereocenters. The van der Waals surface area contributed by atoms with Crippen molar-refractivity contribution in [2.75, 3.05) is 31.6 Å². The average Bonchev–Trinajstić information content (AvgIpc) is 2.87. The Morgan fingerprint density at radius 2 is 2.11 bits per heavy atom. The molecule has 4 heteroatoms. The third kappa shape index (κ3) is 4.81. The number of thioether (sulfide) groups is 1. The molecular formula is C14H28N2OS. The molecule has 0 bridgehead atoms. The van der Waals surface area contributed by atoms with Crippen LogP contribution in [0.5, 0.6) is 0 Å². The van der Waals surface area contributed by atoms with E-state index in [2.05, 4.69) is 23.8 Å². The second-order valence-corrected chi connectivity index (χ2v) is 6.21. The maximum atomic E-state index is 12.2. The van der Waals surface area contributed by atoms with Gasteiger partial charge < -0.3 is 10.6 Å². The van der Waals surface area contributed by atoms with Crippen molar-refractivity contribution in [2.24, 2.45) is 5.41 Å². The lowest BCUT2D eigenvalue weighted by molar-refractivity contribution is -0.130. The van der Waals surface area contributed by atoms with E-state index in [1.165, 1.54) is 25.0 Å². The minimum absolute atomic E-state index is 0.126. The summed E-state index contributed by atoms with van der Waals surface area (Å²) in [6.07, 6.45) is 9.03. The molecule has 0 aromatic heterocycles. The summed E-state index contributed by atoms with van der Waals surface area (Å²) in [6, 6.07) is 0. The van der Waals surface area contributed by atoms with E-state index in [9.17, 15) is 4.79 Å². The van der Waals surface area contributed by atoms with Gasteiger partial charge in [0.05, 0.1) is 5.41 Å². The molecule has 1 aliphatic rings. The summed E-state index contributed by atoms with van der Waals surface area (Å²) in [5.74, 6) is 1.52. The number of amides is 1. The largest absolute Gasteiger partial charge is 0.356 e. The first-order valence-electron chi connectivity index (χ1n) is 7.23. The normalized spacial score (nSPS) is 23.2. The van der Waals surface area contributed by atoms with Gasteiger partial charge >= 0.3 is 0 Å². The van der Waals surface area contributed by atoms with E-state index in [-0.39, 0.29) is 11.3 Å². The zero-order valence-corrected chi connectivity index (χ0v) is 12.7. The molecule has 0 aromatic rings. The zero-order valence-electron chi connectivity index (χ0n) is 11.9. The molecule has 2 N–H and O–H groups in total. The highest BCUT2D eigenvalue weighted by Gasteiger charge is 2.38. The second kappa shape index (κ2) is 8.81. The van der Waals surface area contributed by atoms with Gasteiger partial charge in [0.15, 0.2) is 0 Å². The number of nitrogens with one attached hydrogen (secondary N) is 2. The minimum Gasteiger partial charge on any atom is -0.356 e. The van der Waals surface area contributed by atoms with Crippen LogP contribution in [0.1, 0.15) is 45.4 Å². The Morgan fingerprint density at radius 1 is 1.33 bits per heavy atom. The van der Waals surface area contributed by atoms with Crippen LogP contribution < -0.4 is 10.6 Å². The van der Waals surface area contributed by atoms with Gasteiger partial charge in [-0.2, -0.15) is 11.8 Å². The Balaban J connectivity index is 2.09. The van der Waals surface area contributed by atoms with Crippen LogP contribution in [0.15, 0.2) is 0 Å². The van der Waals surface area contributed by atoms with Gasteiger partial charge in [-0.25, -0.2) is 0 Å². The summed E-state index contributed by atoms with van der Waals surface area (Å²) < 4.78 is 0. The van der Waals surface area contributed by atoms with Gasteiger partial charge in [0.2, 0.25) is 5.91 Å². The summed E-state index contributed by atoms with van der Waals surface area (Å²) >= 11 is 1.91. The molecule has 1 heterocycles. The molecule has 0 saturated carbocycles. The van der Waals surface area contributed by atoms with Gasteiger partial charge in [0.1, 0.15) is 0 Å². The van der Waals surface area contributed by atoms with Crippen molar-refractivity contribution < 1.29 is 4.79 Å². The van der Waals surface area contributed by atoms with E-state index in [1.807, 2.05) is 11.8 Å². The maximum absolute atomic E-state index is 12.2. The van der Waals surface area contributed by atoms with Crippen molar-refractivity contribution in [3.8, 4) is 0 Å². The standard InChI is InChI=1S/C14H28N2OS/c1-3-14(8-10-15-12-14)13(17)16-9-6-4-5-7-11-18-2/h15H,3-12H2,1-2H3,(H,16,17). The number of unbranched alkanes of at least 4 members (excludes halogenated alkanes) is 3. The Hall–Kier alpha value is -0.220. The molecule has 1 saturated heterocycles. The highest BCUT2D eigenvalue weighted by atomic mass is 32.2. The molecular weight excluding hydrogens is 244 g/mol. The number of carbonyl (C=O) groups excluding carboxylic acids is 1. The van der Waals surface area contributed by atoms with Crippen LogP contribution in [0.3, 0.4) is 0 Å². The summed E-state index contributed by atoms with van der Waals surface area (Å²) in [5, 5.41) is 6.43. The molecule has 0 aliphatic carbocycles. The predicted molar refractivity (Wildman–Crippen MR) is 80.1 cm³/mol. The molecule has 1 amide bonds. The van der Waals surface area contributed by atoms with E-state index in [4.69, 9.17) is 0 Å². The molecule has 106 valence electrons. The molecule has 3 nitrogen and oxygen atoms in total. The Labute approximate surface area is 116 Å². The number of rotatable bonds is 9. The lowest BCUT2D eigenvalue weighted by atomic mass is 9.83. The molecule has 0 radical (unpaired) electrons. The van der Waals surface area contributed by atoms with E-state index >= 15 is 0 Å². The van der Waals surface area contributed by atoms with E-state index in [1.54, 1.807) is 0 Å². The molecule has 1 fully saturated rings. The lowest BCUT2D eigenvalue weighted by Crippen LogP contribution is -2.42. The predicted octanol–water partition coefficient (Wildman–Crippen LogP) is 2.42. The topological polar surface area (TPSA) is 41.1 Å². The summed E-state index contributed by atoms with van der Waals surface area (Å²) in [5.41, 5.74) is -0.126. The van der Waals surface area contributed by atoms with Crippen molar-refractivity contribution in [3.63, 3.8) is 0 Å². The summed E-state index contributed by atoms with van der Waals surface area (Å²) in [6.45, 7) is 4.80. The van der Waals surface area contributed by atoms with Crippen molar-refractivity contribution in [2.45, 2.75) is 45.4 Å². The van der Waals surface area contributed by atoms with Gasteiger partial charge in [0.25, 0.3) is 0 Å². The van der Waals surface area contributed by atoms with Gasteiger partial charge in [-0.3, -0.25) is 4.79 Å². The Bertz CT molecular complexity index is 240. The van der Waals surface area contributed by atoms with Crippen molar-refractivity contribution in [1.82, 2.24) is 10.6 Å². The fourth-order valence-corrected chi connectivity index (χ4v) is 3.01. The van der Waals surface area contributed by atoms with Crippen LogP contribution in [-0.2, 0) is 4.79 Å². The van der Waals surface area contributed by atoms with E-state index < -0.39 is 0 Å². The number of carbonyl (C=O) groups is 1. The highest BCUT2D eigenvalue weighted by Crippen LogP contribution is 2.29. The molecule has 0 aromatic carbocycles. The van der Waals surface area contributed by atoms with Gasteiger partial charge in [0, 0.05) is 13.1 Å². The Morgan fingerprint density at radius 3 is 2.72 bits per heavy atom. The first kappa shape index (κ1) is 15.8. The average molecular weight is 272 g/mol. The van der Waals surface area contributed by atoms with Crippen LogP contribution in [-0.4, -0.2) is 37.6 Å². The second-order valence-electron chi connectivity index (χ2n) is 5.22. The molecule has 1 atom stereocenters. The van der Waals surface area contributed by atoms with Crippen LogP contribution in [0, 0.1) is 5.41 Å².